The van der Waals surface area contributed by atoms with Crippen LogP contribution < -0.4 is 11.1 Å². The lowest BCUT2D eigenvalue weighted by Gasteiger charge is -2.08. The molecule has 102 valence electrons. The van der Waals surface area contributed by atoms with Crippen LogP contribution in [0.2, 0.25) is 0 Å². The first-order chi connectivity index (χ1) is 8.86. The number of nitrogens with one attached hydrogen (secondary N) is 1. The highest BCUT2D eigenvalue weighted by atomic mass is 79.9. The molecular formula is C11H14BrN5O2. The third kappa shape index (κ3) is 3.79. The summed E-state index contributed by atoms with van der Waals surface area (Å²) in [6.07, 6.45) is 0.111. The number of hydrogen-bond acceptors (Lipinski definition) is 4. The molecule has 8 heteroatoms. The number of nitrogens with two attached hydrogens (primary N) is 1. The average Bonchev–Trinajstić information content (AvgIpc) is 2.60. The van der Waals surface area contributed by atoms with E-state index in [1.165, 1.54) is 0 Å². The van der Waals surface area contributed by atoms with E-state index in [-0.39, 0.29) is 6.42 Å². The van der Waals surface area contributed by atoms with Crippen LogP contribution >= 0.6 is 15.9 Å². The summed E-state index contributed by atoms with van der Waals surface area (Å²) >= 11 is 3.39. The number of aromatic nitrogens is 2. The van der Waals surface area contributed by atoms with Gasteiger partial charge in [-0.05, 0) is 29.8 Å². The maximum atomic E-state index is 11.6. The van der Waals surface area contributed by atoms with Gasteiger partial charge in [0, 0.05) is 12.1 Å². The third-order valence-corrected chi connectivity index (χ3v) is 3.71. The fraction of sp³-hybridized carbons (Fsp3) is 0.455. The van der Waals surface area contributed by atoms with Crippen LogP contribution in [0.15, 0.2) is 4.47 Å². The van der Waals surface area contributed by atoms with E-state index in [2.05, 4.69) is 26.3 Å². The van der Waals surface area contributed by atoms with E-state index >= 15 is 0 Å². The number of amides is 2. The van der Waals surface area contributed by atoms with Gasteiger partial charge in [-0.1, -0.05) is 0 Å². The molecule has 1 aromatic heterocycles. The summed E-state index contributed by atoms with van der Waals surface area (Å²) in [5.41, 5.74) is 6.70. The van der Waals surface area contributed by atoms with Gasteiger partial charge < -0.3 is 11.1 Å². The number of primary amides is 1. The second kappa shape index (κ2) is 6.33. The predicted molar refractivity (Wildman–Crippen MR) is 70.8 cm³/mol. The second-order valence-corrected chi connectivity index (χ2v) is 4.78. The molecule has 0 spiro atoms. The van der Waals surface area contributed by atoms with Gasteiger partial charge in [-0.15, -0.1) is 0 Å². The smallest absolute Gasteiger partial charge is 0.254 e. The van der Waals surface area contributed by atoms with Crippen LogP contribution in [0.5, 0.6) is 0 Å². The molecule has 0 fully saturated rings. The molecule has 1 aromatic rings. The first-order valence-electron chi connectivity index (χ1n) is 5.54. The van der Waals surface area contributed by atoms with Gasteiger partial charge in [-0.3, -0.25) is 14.3 Å². The van der Waals surface area contributed by atoms with E-state index in [1.807, 2.05) is 13.8 Å². The number of nitrogens with zero attached hydrogens (tertiary/aromatic N) is 3. The SMILES string of the molecule is Cc1nn(CCC(=O)N[C@@H](C#N)C(N)=O)c(C)c1Br. The first-order valence-corrected chi connectivity index (χ1v) is 6.34. The zero-order valence-electron chi connectivity index (χ0n) is 10.6. The van der Waals surface area contributed by atoms with Crippen molar-refractivity contribution in [3.05, 3.63) is 15.9 Å². The van der Waals surface area contributed by atoms with Gasteiger partial charge in [-0.25, -0.2) is 0 Å². The van der Waals surface area contributed by atoms with Crippen LogP contribution in [0, 0.1) is 25.2 Å². The maximum Gasteiger partial charge on any atom is 0.254 e. The molecule has 7 nitrogen and oxygen atoms in total. The van der Waals surface area contributed by atoms with Crippen molar-refractivity contribution in [1.82, 2.24) is 15.1 Å². The molecule has 3 N–H and O–H groups in total. The quantitative estimate of drug-likeness (QED) is 0.800. The zero-order valence-corrected chi connectivity index (χ0v) is 12.2. The molecule has 0 aliphatic rings. The van der Waals surface area contributed by atoms with Crippen molar-refractivity contribution in [1.29, 1.82) is 5.26 Å². The highest BCUT2D eigenvalue weighted by molar-refractivity contribution is 9.10. The average molecular weight is 328 g/mol. The summed E-state index contributed by atoms with van der Waals surface area (Å²) in [4.78, 5) is 22.4. The van der Waals surface area contributed by atoms with Gasteiger partial charge >= 0.3 is 0 Å². The summed E-state index contributed by atoms with van der Waals surface area (Å²) in [7, 11) is 0. The van der Waals surface area contributed by atoms with E-state index in [9.17, 15) is 9.59 Å². The van der Waals surface area contributed by atoms with Crippen molar-refractivity contribution in [2.45, 2.75) is 32.9 Å². The number of nitriles is 1. The monoisotopic (exact) mass is 327 g/mol. The molecule has 0 saturated carbocycles. The minimum absolute atomic E-state index is 0.111. The molecule has 0 bridgehead atoms. The largest absolute Gasteiger partial charge is 0.367 e. The number of aryl methyl sites for hydroxylation is 2. The Kier molecular flexibility index (Phi) is 5.06. The van der Waals surface area contributed by atoms with Crippen LogP contribution in [0.1, 0.15) is 17.8 Å². The minimum Gasteiger partial charge on any atom is -0.367 e. The van der Waals surface area contributed by atoms with Crippen molar-refractivity contribution in [3.63, 3.8) is 0 Å². The Hall–Kier alpha value is -1.88. The van der Waals surface area contributed by atoms with E-state index in [4.69, 9.17) is 11.0 Å². The van der Waals surface area contributed by atoms with Crippen LogP contribution in [-0.2, 0) is 16.1 Å². The molecule has 0 unspecified atom stereocenters. The Bertz CT molecular complexity index is 546. The summed E-state index contributed by atoms with van der Waals surface area (Å²) in [5, 5.41) is 15.1. The van der Waals surface area contributed by atoms with E-state index < -0.39 is 17.9 Å². The molecule has 0 aliphatic carbocycles. The van der Waals surface area contributed by atoms with Crippen LogP contribution in [-0.4, -0.2) is 27.6 Å². The molecule has 2 amide bonds. The number of halogens is 1. The lowest BCUT2D eigenvalue weighted by Crippen LogP contribution is -2.43. The molecule has 1 heterocycles. The van der Waals surface area contributed by atoms with Gasteiger partial charge in [-0.2, -0.15) is 10.4 Å². The summed E-state index contributed by atoms with van der Waals surface area (Å²) < 4.78 is 2.59. The highest BCUT2D eigenvalue weighted by Gasteiger charge is 2.17. The molecule has 0 radical (unpaired) electrons. The second-order valence-electron chi connectivity index (χ2n) is 3.99. The van der Waals surface area contributed by atoms with Gasteiger partial charge in [0.1, 0.15) is 0 Å². The summed E-state index contributed by atoms with van der Waals surface area (Å²) in [5.74, 6) is -1.29. The van der Waals surface area contributed by atoms with Crippen LogP contribution in [0.4, 0.5) is 0 Å². The van der Waals surface area contributed by atoms with E-state index in [0.717, 1.165) is 15.9 Å². The van der Waals surface area contributed by atoms with Gasteiger partial charge in [0.05, 0.1) is 22.8 Å². The lowest BCUT2D eigenvalue weighted by atomic mass is 10.3. The number of rotatable bonds is 5. The topological polar surface area (TPSA) is 114 Å². The number of hydrogen-bond donors (Lipinski definition) is 2. The lowest BCUT2D eigenvalue weighted by molar-refractivity contribution is -0.126. The molecular weight excluding hydrogens is 314 g/mol. The molecule has 0 aliphatic heterocycles. The van der Waals surface area contributed by atoms with Crippen molar-refractivity contribution in [2.75, 3.05) is 0 Å². The van der Waals surface area contributed by atoms with Crippen LogP contribution in [0.25, 0.3) is 0 Å². The number of carbonyl (C=O) groups excluding carboxylic acids is 2. The Labute approximate surface area is 118 Å². The minimum atomic E-state index is -1.29. The highest BCUT2D eigenvalue weighted by Crippen LogP contribution is 2.19. The Balaban J connectivity index is 2.58. The first kappa shape index (κ1) is 15.2. The normalized spacial score (nSPS) is 11.7. The van der Waals surface area contributed by atoms with E-state index in [1.54, 1.807) is 10.8 Å². The number of carbonyl (C=O) groups is 2. The third-order valence-electron chi connectivity index (χ3n) is 2.56. The summed E-state index contributed by atoms with van der Waals surface area (Å²) in [6.45, 7) is 4.09. The zero-order chi connectivity index (χ0) is 14.6. The van der Waals surface area contributed by atoms with Crippen molar-refractivity contribution < 1.29 is 9.59 Å². The summed E-state index contributed by atoms with van der Waals surface area (Å²) in [6, 6.07) is 0.327. The fourth-order valence-corrected chi connectivity index (χ4v) is 1.78. The van der Waals surface area contributed by atoms with Crippen LogP contribution in [0.3, 0.4) is 0 Å². The van der Waals surface area contributed by atoms with Crippen molar-refractivity contribution in [3.8, 4) is 6.07 Å². The Morgan fingerprint density at radius 1 is 1.58 bits per heavy atom. The fourth-order valence-electron chi connectivity index (χ4n) is 1.50. The Morgan fingerprint density at radius 3 is 2.63 bits per heavy atom. The molecule has 1 atom stereocenters. The molecule has 19 heavy (non-hydrogen) atoms. The van der Waals surface area contributed by atoms with Gasteiger partial charge in [0.15, 0.2) is 6.04 Å². The molecule has 0 aromatic carbocycles. The molecule has 0 saturated heterocycles. The standard InChI is InChI=1S/C11H14BrN5O2/c1-6-10(12)7(2)17(16-6)4-3-9(18)15-8(5-13)11(14)19/h8H,3-4H2,1-2H3,(H2,14,19)(H,15,18)/t8-/m0/s1. The van der Waals surface area contributed by atoms with Crippen molar-refractivity contribution >= 4 is 27.7 Å². The van der Waals surface area contributed by atoms with Crippen molar-refractivity contribution in [2.24, 2.45) is 5.73 Å². The van der Waals surface area contributed by atoms with E-state index in [0.29, 0.717) is 6.54 Å². The predicted octanol–water partition coefficient (Wildman–Crippen LogP) is 0.146. The Morgan fingerprint density at radius 2 is 2.21 bits per heavy atom. The molecule has 1 rings (SSSR count). The maximum absolute atomic E-state index is 11.6. The van der Waals surface area contributed by atoms with Gasteiger partial charge in [0.25, 0.3) is 5.91 Å². The van der Waals surface area contributed by atoms with Gasteiger partial charge in [0.2, 0.25) is 5.91 Å².